The Kier molecular flexibility index (Phi) is 2.85. The van der Waals surface area contributed by atoms with Gasteiger partial charge in [-0.1, -0.05) is 36.4 Å². The molecule has 3 aromatic carbocycles. The molecule has 27 heavy (non-hydrogen) atoms. The fourth-order valence-corrected chi connectivity index (χ4v) is 3.65. The van der Waals surface area contributed by atoms with Crippen molar-refractivity contribution in [2.24, 2.45) is 0 Å². The molecule has 1 N–H and O–H groups in total. The fraction of sp³-hybridized carbons (Fsp3) is 0.0476. The van der Waals surface area contributed by atoms with Crippen molar-refractivity contribution in [3.8, 4) is 28.7 Å². The van der Waals surface area contributed by atoms with Crippen molar-refractivity contribution in [3.63, 3.8) is 0 Å². The van der Waals surface area contributed by atoms with Gasteiger partial charge in [0.1, 0.15) is 5.69 Å². The summed E-state index contributed by atoms with van der Waals surface area (Å²) in [5, 5.41) is 8.69. The highest BCUT2D eigenvalue weighted by molar-refractivity contribution is 5.94. The predicted molar refractivity (Wildman–Crippen MR) is 102 cm³/mol. The van der Waals surface area contributed by atoms with E-state index < -0.39 is 0 Å². The molecule has 1 aliphatic heterocycles. The quantitative estimate of drug-likeness (QED) is 0.513. The third kappa shape index (κ3) is 2.01. The number of hydrogen-bond donors (Lipinski definition) is 1. The second kappa shape index (κ2) is 5.35. The van der Waals surface area contributed by atoms with Gasteiger partial charge >= 0.3 is 0 Å². The van der Waals surface area contributed by atoms with E-state index in [1.165, 1.54) is 0 Å². The van der Waals surface area contributed by atoms with Gasteiger partial charge in [0.15, 0.2) is 17.3 Å². The van der Waals surface area contributed by atoms with Crippen LogP contribution in [0.25, 0.3) is 39.1 Å². The highest BCUT2D eigenvalue weighted by Gasteiger charge is 2.24. The minimum Gasteiger partial charge on any atom is -0.454 e. The first kappa shape index (κ1) is 14.4. The van der Waals surface area contributed by atoms with Crippen molar-refractivity contribution in [1.82, 2.24) is 19.7 Å². The molecule has 0 aliphatic carbocycles. The number of aromatic amines is 1. The maximum Gasteiger partial charge on any atom is 0.231 e. The molecule has 0 bridgehead atoms. The van der Waals surface area contributed by atoms with Crippen molar-refractivity contribution in [2.75, 3.05) is 6.79 Å². The molecule has 6 heteroatoms. The Morgan fingerprint density at radius 3 is 2.78 bits per heavy atom. The van der Waals surface area contributed by atoms with Crippen LogP contribution in [0.2, 0.25) is 0 Å². The monoisotopic (exact) mass is 354 g/mol. The Morgan fingerprint density at radius 1 is 0.889 bits per heavy atom. The zero-order valence-corrected chi connectivity index (χ0v) is 14.2. The predicted octanol–water partition coefficient (Wildman–Crippen LogP) is 4.30. The summed E-state index contributed by atoms with van der Waals surface area (Å²) in [6, 6.07) is 22.0. The Labute approximate surface area is 154 Å². The number of fused-ring (bicyclic) bond motifs is 3. The van der Waals surface area contributed by atoms with Crippen molar-refractivity contribution in [2.45, 2.75) is 0 Å². The second-order valence-electron chi connectivity index (χ2n) is 6.39. The van der Waals surface area contributed by atoms with Gasteiger partial charge in [0, 0.05) is 5.39 Å². The lowest BCUT2D eigenvalue weighted by Gasteiger charge is -2.11. The number of imidazole rings is 1. The van der Waals surface area contributed by atoms with Gasteiger partial charge in [0.05, 0.1) is 22.2 Å². The summed E-state index contributed by atoms with van der Waals surface area (Å²) in [7, 11) is 0. The first-order chi connectivity index (χ1) is 13.4. The maximum atomic E-state index is 5.76. The van der Waals surface area contributed by atoms with Crippen molar-refractivity contribution < 1.29 is 9.47 Å². The molecule has 0 saturated carbocycles. The van der Waals surface area contributed by atoms with Crippen LogP contribution in [0, 0.1) is 0 Å². The highest BCUT2D eigenvalue weighted by Crippen LogP contribution is 2.41. The van der Waals surface area contributed by atoms with E-state index in [0.717, 1.165) is 50.6 Å². The lowest BCUT2D eigenvalue weighted by Crippen LogP contribution is -2.00. The average molecular weight is 354 g/mol. The van der Waals surface area contributed by atoms with Gasteiger partial charge in [-0.2, -0.15) is 5.10 Å². The van der Waals surface area contributed by atoms with Crippen LogP contribution in [0.3, 0.4) is 0 Å². The van der Waals surface area contributed by atoms with Crippen LogP contribution in [0.15, 0.2) is 66.7 Å². The molecule has 5 aromatic rings. The van der Waals surface area contributed by atoms with E-state index in [1.54, 1.807) is 0 Å². The topological polar surface area (TPSA) is 65.0 Å². The molecule has 6 nitrogen and oxygen atoms in total. The van der Waals surface area contributed by atoms with E-state index in [2.05, 4.69) is 20.8 Å². The summed E-state index contributed by atoms with van der Waals surface area (Å²) in [4.78, 5) is 4.89. The molecule has 6 rings (SSSR count). The number of benzene rings is 3. The third-order valence-corrected chi connectivity index (χ3v) is 4.86. The summed E-state index contributed by atoms with van der Waals surface area (Å²) >= 11 is 0. The Balaban J connectivity index is 1.72. The molecule has 0 unspecified atom stereocenters. The molecule has 0 fully saturated rings. The number of ether oxygens (including phenoxy) is 2. The summed E-state index contributed by atoms with van der Waals surface area (Å²) < 4.78 is 13.4. The molecule has 0 amide bonds. The number of H-pyrrole nitrogens is 1. The first-order valence-corrected chi connectivity index (χ1v) is 8.70. The van der Waals surface area contributed by atoms with Gasteiger partial charge in [-0.05, 0) is 30.3 Å². The number of rotatable bonds is 2. The van der Waals surface area contributed by atoms with Gasteiger partial charge < -0.3 is 9.47 Å². The van der Waals surface area contributed by atoms with Gasteiger partial charge in [0.2, 0.25) is 6.79 Å². The molecule has 1 aliphatic rings. The minimum absolute atomic E-state index is 0.222. The van der Waals surface area contributed by atoms with Gasteiger partial charge in [-0.15, -0.1) is 0 Å². The summed E-state index contributed by atoms with van der Waals surface area (Å²) in [6.45, 7) is 0.222. The SMILES string of the molecule is c1cc2c(c(-n3c(-c4n[nH]c5ccccc45)nc4ccccc43)c1)OCO2. The molecule has 2 aromatic heterocycles. The minimum atomic E-state index is 0.222. The smallest absolute Gasteiger partial charge is 0.231 e. The van der Waals surface area contributed by atoms with Crippen LogP contribution >= 0.6 is 0 Å². The van der Waals surface area contributed by atoms with Gasteiger partial charge in [-0.3, -0.25) is 9.67 Å². The zero-order valence-electron chi connectivity index (χ0n) is 14.2. The standard InChI is InChI=1S/C21H14N4O2/c1-2-7-14-13(6-1)19(24-23-14)21-22-15-8-3-4-9-16(15)25(21)17-10-5-11-18-20(17)27-12-26-18/h1-11H,12H2,(H,23,24). The van der Waals surface area contributed by atoms with E-state index in [-0.39, 0.29) is 6.79 Å². The summed E-state index contributed by atoms with van der Waals surface area (Å²) in [5.41, 5.74) is 4.56. The first-order valence-electron chi connectivity index (χ1n) is 8.70. The molecular weight excluding hydrogens is 340 g/mol. The Bertz CT molecular complexity index is 1320. The van der Waals surface area contributed by atoms with Crippen LogP contribution < -0.4 is 9.47 Å². The van der Waals surface area contributed by atoms with Crippen LogP contribution in [-0.4, -0.2) is 26.5 Å². The third-order valence-electron chi connectivity index (χ3n) is 4.86. The normalized spacial score (nSPS) is 12.9. The lowest BCUT2D eigenvalue weighted by molar-refractivity contribution is 0.174. The average Bonchev–Trinajstić information content (AvgIpc) is 3.43. The fourth-order valence-electron chi connectivity index (χ4n) is 3.65. The number of aromatic nitrogens is 4. The van der Waals surface area contributed by atoms with E-state index >= 15 is 0 Å². The van der Waals surface area contributed by atoms with Crippen LogP contribution in [0.4, 0.5) is 0 Å². The molecule has 130 valence electrons. The number of hydrogen-bond acceptors (Lipinski definition) is 4. The molecule has 0 saturated heterocycles. The number of nitrogens with one attached hydrogen (secondary N) is 1. The highest BCUT2D eigenvalue weighted by atomic mass is 16.7. The lowest BCUT2D eigenvalue weighted by atomic mass is 10.2. The van der Waals surface area contributed by atoms with Crippen molar-refractivity contribution in [1.29, 1.82) is 0 Å². The molecule has 3 heterocycles. The van der Waals surface area contributed by atoms with E-state index in [0.29, 0.717) is 0 Å². The number of nitrogens with zero attached hydrogens (tertiary/aromatic N) is 3. The zero-order chi connectivity index (χ0) is 17.8. The molecular formula is C21H14N4O2. The Morgan fingerprint density at radius 2 is 1.78 bits per heavy atom. The summed E-state index contributed by atoms with van der Waals surface area (Å²) in [5.74, 6) is 2.22. The Hall–Kier alpha value is -3.80. The van der Waals surface area contributed by atoms with Gasteiger partial charge in [0.25, 0.3) is 0 Å². The molecule has 0 radical (unpaired) electrons. The second-order valence-corrected chi connectivity index (χ2v) is 6.39. The van der Waals surface area contributed by atoms with Crippen LogP contribution in [-0.2, 0) is 0 Å². The molecule has 0 spiro atoms. The largest absolute Gasteiger partial charge is 0.454 e. The van der Waals surface area contributed by atoms with E-state index in [4.69, 9.17) is 14.5 Å². The van der Waals surface area contributed by atoms with E-state index in [1.807, 2.05) is 60.7 Å². The van der Waals surface area contributed by atoms with Gasteiger partial charge in [-0.25, -0.2) is 4.98 Å². The summed E-state index contributed by atoms with van der Waals surface area (Å²) in [6.07, 6.45) is 0. The maximum absolute atomic E-state index is 5.76. The number of para-hydroxylation sites is 4. The van der Waals surface area contributed by atoms with E-state index in [9.17, 15) is 0 Å². The van der Waals surface area contributed by atoms with Crippen molar-refractivity contribution >= 4 is 21.9 Å². The van der Waals surface area contributed by atoms with Crippen LogP contribution in [0.5, 0.6) is 11.5 Å². The van der Waals surface area contributed by atoms with Crippen molar-refractivity contribution in [3.05, 3.63) is 66.7 Å². The molecule has 0 atom stereocenters. The van der Waals surface area contributed by atoms with Crippen LogP contribution in [0.1, 0.15) is 0 Å².